The second-order valence-electron chi connectivity index (χ2n) is 3.69. The predicted octanol–water partition coefficient (Wildman–Crippen LogP) is 0.228. The topological polar surface area (TPSA) is 73.0 Å². The van der Waals surface area contributed by atoms with Gasteiger partial charge in [0.15, 0.2) is 0 Å². The van der Waals surface area contributed by atoms with Gasteiger partial charge in [-0.1, -0.05) is 0 Å². The van der Waals surface area contributed by atoms with Gasteiger partial charge in [-0.2, -0.15) is 5.26 Å². The number of β-amino-alcohol motifs (C(OH)–C–C–N with tert-alkyl or cyclic N) is 1. The van der Waals surface area contributed by atoms with Gasteiger partial charge in [-0.15, -0.1) is 0 Å². The molecule has 1 unspecified atom stereocenters. The van der Waals surface area contributed by atoms with Crippen molar-refractivity contribution in [3.05, 3.63) is 17.5 Å². The number of nitriles is 1. The number of hydrogen-bond acceptors (Lipinski definition) is 5. The molecule has 1 N–H and O–H groups in total. The first-order valence-corrected chi connectivity index (χ1v) is 4.88. The fraction of sp³-hybridized carbons (Fsp3) is 0.500. The predicted molar refractivity (Wildman–Crippen MR) is 54.3 cm³/mol. The summed E-state index contributed by atoms with van der Waals surface area (Å²) in [4.78, 5) is 10.3. The van der Waals surface area contributed by atoms with E-state index in [1.807, 2.05) is 17.9 Å². The molecule has 0 aliphatic carbocycles. The Hall–Kier alpha value is -1.67. The molecule has 1 atom stereocenters. The van der Waals surface area contributed by atoms with Crippen molar-refractivity contribution in [2.75, 3.05) is 18.0 Å². The lowest BCUT2D eigenvalue weighted by molar-refractivity contribution is 0.198. The van der Waals surface area contributed by atoms with Crippen molar-refractivity contribution < 1.29 is 5.11 Å². The number of aliphatic hydroxyl groups excluding tert-OH is 1. The molecule has 1 saturated heterocycles. The van der Waals surface area contributed by atoms with Crippen LogP contribution in [-0.4, -0.2) is 34.3 Å². The molecule has 1 fully saturated rings. The Kier molecular flexibility index (Phi) is 2.52. The van der Waals surface area contributed by atoms with E-state index in [1.54, 1.807) is 6.07 Å². The third-order valence-electron chi connectivity index (χ3n) is 2.40. The van der Waals surface area contributed by atoms with E-state index < -0.39 is 0 Å². The number of hydrogen-bond donors (Lipinski definition) is 1. The molecule has 5 nitrogen and oxygen atoms in total. The van der Waals surface area contributed by atoms with Crippen molar-refractivity contribution in [1.29, 1.82) is 5.26 Å². The van der Waals surface area contributed by atoms with Crippen LogP contribution in [0, 0.1) is 18.3 Å². The van der Waals surface area contributed by atoms with E-state index in [1.165, 1.54) is 0 Å². The number of aliphatic hydroxyl groups is 1. The maximum absolute atomic E-state index is 9.39. The fourth-order valence-electron chi connectivity index (χ4n) is 1.68. The number of nitrogens with zero attached hydrogens (tertiary/aromatic N) is 4. The smallest absolute Gasteiger partial charge is 0.226 e. The van der Waals surface area contributed by atoms with Gasteiger partial charge in [0.2, 0.25) is 5.95 Å². The fourth-order valence-corrected chi connectivity index (χ4v) is 1.68. The molecule has 0 radical (unpaired) electrons. The molecular formula is C10H12N4O. The molecule has 0 aromatic carbocycles. The first-order valence-electron chi connectivity index (χ1n) is 4.88. The Morgan fingerprint density at radius 2 is 2.40 bits per heavy atom. The lowest BCUT2D eigenvalue weighted by atomic mass is 10.3. The normalized spacial score (nSPS) is 20.3. The Labute approximate surface area is 88.0 Å². The first-order chi connectivity index (χ1) is 7.19. The molecule has 1 aliphatic heterocycles. The molecule has 0 amide bonds. The summed E-state index contributed by atoms with van der Waals surface area (Å²) in [5.41, 5.74) is 1.15. The Bertz CT molecular complexity index is 412. The molecule has 1 aromatic rings. The van der Waals surface area contributed by atoms with E-state index in [9.17, 15) is 5.11 Å². The van der Waals surface area contributed by atoms with E-state index in [0.717, 1.165) is 18.7 Å². The summed E-state index contributed by atoms with van der Waals surface area (Å²) in [6, 6.07) is 3.65. The highest BCUT2D eigenvalue weighted by Crippen LogP contribution is 2.16. The van der Waals surface area contributed by atoms with Crippen LogP contribution in [0.2, 0.25) is 0 Å². The zero-order chi connectivity index (χ0) is 10.8. The number of anilines is 1. The summed E-state index contributed by atoms with van der Waals surface area (Å²) < 4.78 is 0. The average Bonchev–Trinajstić information content (AvgIpc) is 2.64. The zero-order valence-corrected chi connectivity index (χ0v) is 8.51. The highest BCUT2D eigenvalue weighted by atomic mass is 16.3. The van der Waals surface area contributed by atoms with Gasteiger partial charge >= 0.3 is 0 Å². The summed E-state index contributed by atoms with van der Waals surface area (Å²) in [5.74, 6) is 0.545. The molecule has 0 spiro atoms. The van der Waals surface area contributed by atoms with Crippen molar-refractivity contribution in [1.82, 2.24) is 9.97 Å². The maximum Gasteiger partial charge on any atom is 0.226 e. The second-order valence-corrected chi connectivity index (χ2v) is 3.69. The van der Waals surface area contributed by atoms with Gasteiger partial charge in [0.25, 0.3) is 0 Å². The molecule has 1 aromatic heterocycles. The van der Waals surface area contributed by atoms with Crippen molar-refractivity contribution in [3.8, 4) is 6.07 Å². The van der Waals surface area contributed by atoms with Crippen LogP contribution < -0.4 is 4.90 Å². The van der Waals surface area contributed by atoms with Crippen LogP contribution in [0.15, 0.2) is 6.07 Å². The minimum Gasteiger partial charge on any atom is -0.391 e. The van der Waals surface area contributed by atoms with Crippen molar-refractivity contribution in [2.45, 2.75) is 19.4 Å². The molecule has 2 rings (SSSR count). The van der Waals surface area contributed by atoms with Crippen molar-refractivity contribution in [2.24, 2.45) is 0 Å². The summed E-state index contributed by atoms with van der Waals surface area (Å²) in [7, 11) is 0. The van der Waals surface area contributed by atoms with Crippen molar-refractivity contribution >= 4 is 5.95 Å². The molecule has 78 valence electrons. The number of aromatic nitrogens is 2. The standard InChI is InChI=1S/C10H12N4O/c1-7-4-8(5-11)13-10(12-7)14-3-2-9(15)6-14/h4,9,15H,2-3,6H2,1H3. The van der Waals surface area contributed by atoms with Gasteiger partial charge in [0, 0.05) is 18.8 Å². The van der Waals surface area contributed by atoms with E-state index >= 15 is 0 Å². The molecule has 0 saturated carbocycles. The summed E-state index contributed by atoms with van der Waals surface area (Å²) >= 11 is 0. The summed E-state index contributed by atoms with van der Waals surface area (Å²) in [6.07, 6.45) is 0.429. The molecule has 5 heteroatoms. The largest absolute Gasteiger partial charge is 0.391 e. The van der Waals surface area contributed by atoms with Gasteiger partial charge in [-0.3, -0.25) is 0 Å². The highest BCUT2D eigenvalue weighted by molar-refractivity contribution is 5.37. The molecule has 1 aliphatic rings. The molecule has 0 bridgehead atoms. The molecule has 15 heavy (non-hydrogen) atoms. The zero-order valence-electron chi connectivity index (χ0n) is 8.51. The van der Waals surface area contributed by atoms with E-state index in [4.69, 9.17) is 5.26 Å². The lowest BCUT2D eigenvalue weighted by Gasteiger charge is -2.15. The Morgan fingerprint density at radius 1 is 1.60 bits per heavy atom. The average molecular weight is 204 g/mol. The maximum atomic E-state index is 9.39. The second kappa shape index (κ2) is 3.83. The third kappa shape index (κ3) is 2.05. The minimum absolute atomic E-state index is 0.306. The van der Waals surface area contributed by atoms with Gasteiger partial charge in [-0.05, 0) is 19.4 Å². The minimum atomic E-state index is -0.306. The van der Waals surface area contributed by atoms with Crippen molar-refractivity contribution in [3.63, 3.8) is 0 Å². The van der Waals surface area contributed by atoms with Gasteiger partial charge < -0.3 is 10.0 Å². The van der Waals surface area contributed by atoms with Gasteiger partial charge in [0.1, 0.15) is 11.8 Å². The number of aryl methyl sites for hydroxylation is 1. The SMILES string of the molecule is Cc1cc(C#N)nc(N2CCC(O)C2)n1. The van der Waals surface area contributed by atoms with Crippen LogP contribution in [0.1, 0.15) is 17.8 Å². The molecule has 2 heterocycles. The van der Waals surface area contributed by atoms with Crippen LogP contribution in [0.5, 0.6) is 0 Å². The third-order valence-corrected chi connectivity index (χ3v) is 2.40. The van der Waals surface area contributed by atoms with Crippen LogP contribution >= 0.6 is 0 Å². The van der Waals surface area contributed by atoms with E-state index in [2.05, 4.69) is 9.97 Å². The highest BCUT2D eigenvalue weighted by Gasteiger charge is 2.22. The van der Waals surface area contributed by atoms with Gasteiger partial charge in [0.05, 0.1) is 6.10 Å². The van der Waals surface area contributed by atoms with Crippen LogP contribution in [-0.2, 0) is 0 Å². The Morgan fingerprint density at radius 3 is 3.00 bits per heavy atom. The van der Waals surface area contributed by atoms with Gasteiger partial charge in [-0.25, -0.2) is 9.97 Å². The molecular weight excluding hydrogens is 192 g/mol. The Balaban J connectivity index is 2.29. The number of rotatable bonds is 1. The monoisotopic (exact) mass is 204 g/mol. The first kappa shape index (κ1) is 9.87. The summed E-state index contributed by atoms with van der Waals surface area (Å²) in [5, 5.41) is 18.2. The van der Waals surface area contributed by atoms with Crippen LogP contribution in [0.3, 0.4) is 0 Å². The van der Waals surface area contributed by atoms with Crippen LogP contribution in [0.4, 0.5) is 5.95 Å². The lowest BCUT2D eigenvalue weighted by Crippen LogP contribution is -2.23. The van der Waals surface area contributed by atoms with E-state index in [-0.39, 0.29) is 6.10 Å². The summed E-state index contributed by atoms with van der Waals surface area (Å²) in [6.45, 7) is 3.13. The quantitative estimate of drug-likeness (QED) is 0.708. The van der Waals surface area contributed by atoms with E-state index in [0.29, 0.717) is 18.2 Å². The van der Waals surface area contributed by atoms with Crippen LogP contribution in [0.25, 0.3) is 0 Å².